The molecule has 0 bridgehead atoms. The zero-order valence-electron chi connectivity index (χ0n) is 12.0. The Labute approximate surface area is 138 Å². The quantitative estimate of drug-likeness (QED) is 0.820. The standard InChI is InChI=1S/C15H23Br2N3/c1-2-6-20-7-4-3-5-11(9-18)15(20)14-13(17)8-12(16)10-19-14/h8,10-11,15H,2-7,9,18H2,1H3. The van der Waals surface area contributed by atoms with Crippen LogP contribution in [0.3, 0.4) is 0 Å². The molecule has 3 nitrogen and oxygen atoms in total. The maximum atomic E-state index is 6.06. The molecule has 0 saturated carbocycles. The first-order valence-electron chi connectivity index (χ1n) is 7.42. The molecule has 2 rings (SSSR count). The minimum Gasteiger partial charge on any atom is -0.330 e. The molecule has 5 heteroatoms. The number of likely N-dealkylation sites (tertiary alicyclic amines) is 1. The van der Waals surface area contributed by atoms with Gasteiger partial charge in [0.1, 0.15) is 0 Å². The predicted molar refractivity (Wildman–Crippen MR) is 90.6 cm³/mol. The van der Waals surface area contributed by atoms with E-state index in [2.05, 4.69) is 54.7 Å². The minimum absolute atomic E-state index is 0.338. The Morgan fingerprint density at radius 2 is 2.20 bits per heavy atom. The summed E-state index contributed by atoms with van der Waals surface area (Å²) < 4.78 is 2.09. The monoisotopic (exact) mass is 403 g/mol. The van der Waals surface area contributed by atoms with Crippen LogP contribution in [0.5, 0.6) is 0 Å². The minimum atomic E-state index is 0.338. The maximum absolute atomic E-state index is 6.06. The molecule has 0 radical (unpaired) electrons. The molecule has 1 saturated heterocycles. The van der Waals surface area contributed by atoms with Crippen molar-refractivity contribution in [3.63, 3.8) is 0 Å². The fourth-order valence-corrected chi connectivity index (χ4v) is 4.36. The van der Waals surface area contributed by atoms with E-state index in [1.54, 1.807) is 0 Å². The van der Waals surface area contributed by atoms with Crippen LogP contribution in [0.4, 0.5) is 0 Å². The molecule has 1 aliphatic heterocycles. The van der Waals surface area contributed by atoms with Crippen LogP contribution in [-0.4, -0.2) is 29.5 Å². The van der Waals surface area contributed by atoms with Crippen LogP contribution in [0.15, 0.2) is 21.2 Å². The van der Waals surface area contributed by atoms with E-state index < -0.39 is 0 Å². The van der Waals surface area contributed by atoms with E-state index in [0.717, 1.165) is 34.3 Å². The number of nitrogens with two attached hydrogens (primary N) is 1. The van der Waals surface area contributed by atoms with Crippen LogP contribution in [0.1, 0.15) is 44.3 Å². The van der Waals surface area contributed by atoms with E-state index in [4.69, 9.17) is 5.73 Å². The number of hydrogen-bond donors (Lipinski definition) is 1. The third-order valence-electron chi connectivity index (χ3n) is 4.04. The van der Waals surface area contributed by atoms with Gasteiger partial charge in [-0.3, -0.25) is 9.88 Å². The number of rotatable bonds is 4. The lowest BCUT2D eigenvalue weighted by Crippen LogP contribution is -2.37. The van der Waals surface area contributed by atoms with Crippen molar-refractivity contribution >= 4 is 31.9 Å². The van der Waals surface area contributed by atoms with Crippen molar-refractivity contribution in [2.45, 2.75) is 38.6 Å². The molecular formula is C15H23Br2N3. The first kappa shape index (κ1) is 16.4. The molecule has 0 amide bonds. The summed E-state index contributed by atoms with van der Waals surface area (Å²) in [4.78, 5) is 7.26. The lowest BCUT2D eigenvalue weighted by molar-refractivity contribution is 0.154. The van der Waals surface area contributed by atoms with Gasteiger partial charge in [-0.2, -0.15) is 0 Å². The van der Waals surface area contributed by atoms with Crippen LogP contribution in [0.2, 0.25) is 0 Å². The van der Waals surface area contributed by atoms with Crippen molar-refractivity contribution in [2.24, 2.45) is 11.7 Å². The number of hydrogen-bond acceptors (Lipinski definition) is 3. The topological polar surface area (TPSA) is 42.1 Å². The van der Waals surface area contributed by atoms with Gasteiger partial charge in [0.15, 0.2) is 0 Å². The van der Waals surface area contributed by atoms with Gasteiger partial charge >= 0.3 is 0 Å². The van der Waals surface area contributed by atoms with Crippen molar-refractivity contribution in [3.05, 3.63) is 26.9 Å². The molecule has 20 heavy (non-hydrogen) atoms. The number of pyridine rings is 1. The largest absolute Gasteiger partial charge is 0.330 e. The van der Waals surface area contributed by atoms with Gasteiger partial charge in [-0.05, 0) is 82.7 Å². The predicted octanol–water partition coefficient (Wildman–Crippen LogP) is 4.12. The summed E-state index contributed by atoms with van der Waals surface area (Å²) in [7, 11) is 0. The second kappa shape index (κ2) is 7.87. The maximum Gasteiger partial charge on any atom is 0.0721 e. The molecular weight excluding hydrogens is 382 g/mol. The van der Waals surface area contributed by atoms with E-state index in [9.17, 15) is 0 Å². The summed E-state index contributed by atoms with van der Waals surface area (Å²) in [5, 5.41) is 0. The van der Waals surface area contributed by atoms with Gasteiger partial charge in [0.05, 0.1) is 11.7 Å². The highest BCUT2D eigenvalue weighted by Gasteiger charge is 2.32. The Hall–Kier alpha value is 0.0300. The summed E-state index contributed by atoms with van der Waals surface area (Å²) in [6, 6.07) is 2.43. The molecule has 112 valence electrons. The molecule has 1 aromatic rings. The van der Waals surface area contributed by atoms with E-state index >= 15 is 0 Å². The highest BCUT2D eigenvalue weighted by atomic mass is 79.9. The third kappa shape index (κ3) is 3.81. The summed E-state index contributed by atoms with van der Waals surface area (Å²) in [6.07, 6.45) is 6.80. The van der Waals surface area contributed by atoms with Gasteiger partial charge in [-0.1, -0.05) is 13.3 Å². The molecule has 2 heterocycles. The first-order chi connectivity index (χ1) is 9.67. The van der Waals surface area contributed by atoms with Crippen LogP contribution < -0.4 is 5.73 Å². The number of aromatic nitrogens is 1. The Morgan fingerprint density at radius 3 is 2.85 bits per heavy atom. The first-order valence-corrected chi connectivity index (χ1v) is 9.01. The highest BCUT2D eigenvalue weighted by Crippen LogP contribution is 2.37. The van der Waals surface area contributed by atoms with E-state index in [-0.39, 0.29) is 0 Å². The Balaban J connectivity index is 2.37. The second-order valence-electron chi connectivity index (χ2n) is 5.49. The molecule has 2 atom stereocenters. The van der Waals surface area contributed by atoms with E-state index in [0.29, 0.717) is 12.0 Å². The van der Waals surface area contributed by atoms with Crippen LogP contribution in [0.25, 0.3) is 0 Å². The smallest absolute Gasteiger partial charge is 0.0721 e. The second-order valence-corrected chi connectivity index (χ2v) is 7.26. The van der Waals surface area contributed by atoms with Gasteiger partial charge in [-0.15, -0.1) is 0 Å². The highest BCUT2D eigenvalue weighted by molar-refractivity contribution is 9.11. The van der Waals surface area contributed by atoms with Crippen molar-refractivity contribution in [3.8, 4) is 0 Å². The Kier molecular flexibility index (Phi) is 6.46. The SMILES string of the molecule is CCCN1CCCCC(CN)C1c1ncc(Br)cc1Br. The molecule has 2 unspecified atom stereocenters. The number of nitrogens with zero attached hydrogens (tertiary/aromatic N) is 2. The Morgan fingerprint density at radius 1 is 1.40 bits per heavy atom. The zero-order valence-corrected chi connectivity index (χ0v) is 15.2. The van der Waals surface area contributed by atoms with Crippen molar-refractivity contribution in [1.82, 2.24) is 9.88 Å². The van der Waals surface area contributed by atoms with Gasteiger partial charge in [0.25, 0.3) is 0 Å². The molecule has 2 N–H and O–H groups in total. The zero-order chi connectivity index (χ0) is 14.5. The van der Waals surface area contributed by atoms with Crippen LogP contribution in [0, 0.1) is 5.92 Å². The van der Waals surface area contributed by atoms with Gasteiger partial charge in [0.2, 0.25) is 0 Å². The lowest BCUT2D eigenvalue weighted by Gasteiger charge is -2.34. The van der Waals surface area contributed by atoms with E-state index in [1.165, 1.54) is 25.7 Å². The van der Waals surface area contributed by atoms with Crippen molar-refractivity contribution in [1.29, 1.82) is 0 Å². The fourth-order valence-electron chi connectivity index (χ4n) is 3.14. The lowest BCUT2D eigenvalue weighted by atomic mass is 9.92. The number of halogens is 2. The summed E-state index contributed by atoms with van der Waals surface area (Å²) in [5.74, 6) is 0.494. The van der Waals surface area contributed by atoms with Gasteiger partial charge in [-0.25, -0.2) is 0 Å². The summed E-state index contributed by atoms with van der Waals surface area (Å²) in [6.45, 7) is 5.24. The average Bonchev–Trinajstić information content (AvgIpc) is 2.62. The summed E-state index contributed by atoms with van der Waals surface area (Å²) in [5.41, 5.74) is 7.20. The Bertz CT molecular complexity index is 439. The third-order valence-corrected chi connectivity index (χ3v) is 5.11. The molecule has 0 spiro atoms. The van der Waals surface area contributed by atoms with Gasteiger partial charge < -0.3 is 5.73 Å². The summed E-state index contributed by atoms with van der Waals surface area (Å²) >= 11 is 7.17. The normalized spacial score (nSPS) is 24.6. The van der Waals surface area contributed by atoms with Crippen molar-refractivity contribution < 1.29 is 0 Å². The van der Waals surface area contributed by atoms with Gasteiger partial charge in [0, 0.05) is 15.1 Å². The van der Waals surface area contributed by atoms with Crippen LogP contribution >= 0.6 is 31.9 Å². The van der Waals surface area contributed by atoms with E-state index in [1.807, 2.05) is 6.20 Å². The molecule has 1 aromatic heterocycles. The molecule has 1 aliphatic rings. The van der Waals surface area contributed by atoms with Crippen molar-refractivity contribution in [2.75, 3.05) is 19.6 Å². The molecule has 0 aromatic carbocycles. The average molecular weight is 405 g/mol. The van der Waals surface area contributed by atoms with Crippen LogP contribution in [-0.2, 0) is 0 Å². The molecule has 0 aliphatic carbocycles. The fraction of sp³-hybridized carbons (Fsp3) is 0.667. The molecule has 1 fully saturated rings.